The highest BCUT2D eigenvalue weighted by Gasteiger charge is 2.24. The van der Waals surface area contributed by atoms with Crippen molar-refractivity contribution >= 4 is 0 Å². The quantitative estimate of drug-likeness (QED) is 0.770. The highest BCUT2D eigenvalue weighted by Crippen LogP contribution is 2.15. The lowest BCUT2D eigenvalue weighted by Gasteiger charge is -2.32. The van der Waals surface area contributed by atoms with Crippen LogP contribution in [-0.2, 0) is 4.74 Å². The minimum atomic E-state index is -0.177. The van der Waals surface area contributed by atoms with Gasteiger partial charge in [0.15, 0.2) is 0 Å². The van der Waals surface area contributed by atoms with Crippen LogP contribution in [0, 0.1) is 0 Å². The van der Waals surface area contributed by atoms with Gasteiger partial charge in [-0.3, -0.25) is 0 Å². The summed E-state index contributed by atoms with van der Waals surface area (Å²) in [5.74, 6) is 0. The lowest BCUT2D eigenvalue weighted by atomic mass is 10.00. The fraction of sp³-hybridized carbons (Fsp3) is 0.538. The number of rotatable bonds is 6. The molecule has 0 aliphatic carbocycles. The second-order valence-electron chi connectivity index (χ2n) is 4.47. The third-order valence-electron chi connectivity index (χ3n) is 2.78. The van der Waals surface area contributed by atoms with Gasteiger partial charge in [0.2, 0.25) is 0 Å². The van der Waals surface area contributed by atoms with Gasteiger partial charge in [-0.05, 0) is 19.4 Å². The van der Waals surface area contributed by atoms with E-state index in [9.17, 15) is 0 Å². The fourth-order valence-corrected chi connectivity index (χ4v) is 1.83. The molecule has 0 aliphatic heterocycles. The Bertz CT molecular complexity index is 302. The zero-order valence-corrected chi connectivity index (χ0v) is 10.4. The minimum absolute atomic E-state index is 0.177. The smallest absolute Gasteiger partial charge is 0.0654 e. The molecular weight excluding hydrogens is 200 g/mol. The summed E-state index contributed by atoms with van der Waals surface area (Å²) < 4.78 is 5.19. The van der Waals surface area contributed by atoms with Gasteiger partial charge in [-0.25, -0.2) is 0 Å². The minimum Gasteiger partial charge on any atom is -0.383 e. The molecule has 16 heavy (non-hydrogen) atoms. The van der Waals surface area contributed by atoms with Gasteiger partial charge in [0, 0.05) is 19.7 Å². The predicted molar refractivity (Wildman–Crippen MR) is 67.3 cm³/mol. The Kier molecular flexibility index (Phi) is 4.93. The van der Waals surface area contributed by atoms with Crippen LogP contribution in [0.1, 0.15) is 25.5 Å². The molecule has 0 aromatic heterocycles. The maximum atomic E-state index is 5.78. The van der Waals surface area contributed by atoms with E-state index in [1.54, 1.807) is 7.11 Å². The van der Waals surface area contributed by atoms with Crippen molar-refractivity contribution in [3.63, 3.8) is 0 Å². The van der Waals surface area contributed by atoms with Gasteiger partial charge in [0.05, 0.1) is 12.1 Å². The third-order valence-corrected chi connectivity index (χ3v) is 2.78. The van der Waals surface area contributed by atoms with Gasteiger partial charge < -0.3 is 15.8 Å². The number of benzene rings is 1. The van der Waals surface area contributed by atoms with E-state index in [1.807, 2.05) is 18.2 Å². The van der Waals surface area contributed by atoms with Crippen LogP contribution in [0.3, 0.4) is 0 Å². The number of nitrogens with one attached hydrogen (secondary N) is 1. The molecule has 0 saturated carbocycles. The van der Waals surface area contributed by atoms with E-state index in [4.69, 9.17) is 10.5 Å². The molecule has 0 heterocycles. The summed E-state index contributed by atoms with van der Waals surface area (Å²) in [5, 5.41) is 3.51. The second-order valence-corrected chi connectivity index (χ2v) is 4.47. The Morgan fingerprint density at radius 3 is 2.50 bits per heavy atom. The van der Waals surface area contributed by atoms with Crippen LogP contribution in [0.5, 0.6) is 0 Å². The van der Waals surface area contributed by atoms with E-state index in [0.29, 0.717) is 13.2 Å². The van der Waals surface area contributed by atoms with Crippen molar-refractivity contribution in [2.45, 2.75) is 25.4 Å². The maximum absolute atomic E-state index is 5.78. The molecule has 0 bridgehead atoms. The average Bonchev–Trinajstić information content (AvgIpc) is 2.30. The molecule has 3 N–H and O–H groups in total. The number of hydrogen-bond acceptors (Lipinski definition) is 3. The lowest BCUT2D eigenvalue weighted by Crippen LogP contribution is -2.52. The van der Waals surface area contributed by atoms with Gasteiger partial charge in [-0.1, -0.05) is 30.3 Å². The van der Waals surface area contributed by atoms with Gasteiger partial charge in [0.1, 0.15) is 0 Å². The van der Waals surface area contributed by atoms with Crippen LogP contribution in [0.2, 0.25) is 0 Å². The first kappa shape index (κ1) is 13.2. The van der Waals surface area contributed by atoms with E-state index in [1.165, 1.54) is 5.56 Å². The SMILES string of the molecule is COCC(C)(CN)NC(C)c1ccccc1. The number of ether oxygens (including phenoxy) is 1. The highest BCUT2D eigenvalue weighted by atomic mass is 16.5. The van der Waals surface area contributed by atoms with E-state index in [0.717, 1.165) is 0 Å². The van der Waals surface area contributed by atoms with Gasteiger partial charge in [0.25, 0.3) is 0 Å². The Morgan fingerprint density at radius 1 is 1.38 bits per heavy atom. The molecular formula is C13H22N2O. The molecule has 1 aromatic rings. The lowest BCUT2D eigenvalue weighted by molar-refractivity contribution is 0.116. The van der Waals surface area contributed by atoms with E-state index >= 15 is 0 Å². The molecule has 3 nitrogen and oxygen atoms in total. The molecule has 0 radical (unpaired) electrons. The number of methoxy groups -OCH3 is 1. The average molecular weight is 222 g/mol. The summed E-state index contributed by atoms with van der Waals surface area (Å²) in [4.78, 5) is 0. The molecule has 0 spiro atoms. The van der Waals surface area contributed by atoms with Crippen molar-refractivity contribution < 1.29 is 4.74 Å². The van der Waals surface area contributed by atoms with E-state index < -0.39 is 0 Å². The predicted octanol–water partition coefficient (Wildman–Crippen LogP) is 1.70. The van der Waals surface area contributed by atoms with Crippen molar-refractivity contribution in [1.82, 2.24) is 5.32 Å². The van der Waals surface area contributed by atoms with E-state index in [2.05, 4.69) is 31.3 Å². The molecule has 2 atom stereocenters. The number of hydrogen-bond donors (Lipinski definition) is 2. The van der Waals surface area contributed by atoms with Crippen molar-refractivity contribution in [3.8, 4) is 0 Å². The van der Waals surface area contributed by atoms with Crippen molar-refractivity contribution in [1.29, 1.82) is 0 Å². The Hall–Kier alpha value is -0.900. The third kappa shape index (κ3) is 3.59. The van der Waals surface area contributed by atoms with Gasteiger partial charge >= 0.3 is 0 Å². The molecule has 0 aliphatic rings. The first-order valence-corrected chi connectivity index (χ1v) is 5.63. The molecule has 1 rings (SSSR count). The summed E-state index contributed by atoms with van der Waals surface area (Å²) in [5.41, 5.74) is 6.86. The molecule has 0 fully saturated rings. The Balaban J connectivity index is 2.65. The molecule has 2 unspecified atom stereocenters. The highest BCUT2D eigenvalue weighted by molar-refractivity contribution is 5.18. The summed E-state index contributed by atoms with van der Waals surface area (Å²) in [7, 11) is 1.70. The summed E-state index contributed by atoms with van der Waals surface area (Å²) in [6.07, 6.45) is 0. The fourth-order valence-electron chi connectivity index (χ4n) is 1.83. The molecule has 1 aromatic carbocycles. The first-order chi connectivity index (χ1) is 7.61. The van der Waals surface area contributed by atoms with Crippen molar-refractivity contribution in [2.75, 3.05) is 20.3 Å². The van der Waals surface area contributed by atoms with Crippen molar-refractivity contribution in [3.05, 3.63) is 35.9 Å². The Labute approximate surface area is 98.0 Å². The maximum Gasteiger partial charge on any atom is 0.0654 e. The molecule has 0 amide bonds. The summed E-state index contributed by atoms with van der Waals surface area (Å²) in [6.45, 7) is 5.38. The van der Waals surface area contributed by atoms with Crippen molar-refractivity contribution in [2.24, 2.45) is 5.73 Å². The first-order valence-electron chi connectivity index (χ1n) is 5.63. The number of nitrogens with two attached hydrogens (primary N) is 1. The Morgan fingerprint density at radius 2 is 2.00 bits per heavy atom. The van der Waals surface area contributed by atoms with Crippen LogP contribution in [0.15, 0.2) is 30.3 Å². The van der Waals surface area contributed by atoms with E-state index in [-0.39, 0.29) is 11.6 Å². The molecule has 90 valence electrons. The van der Waals surface area contributed by atoms with Gasteiger partial charge in [-0.2, -0.15) is 0 Å². The monoisotopic (exact) mass is 222 g/mol. The zero-order chi connectivity index (χ0) is 12.0. The van der Waals surface area contributed by atoms with Crippen LogP contribution in [0.4, 0.5) is 0 Å². The largest absolute Gasteiger partial charge is 0.383 e. The van der Waals surface area contributed by atoms with Crippen LogP contribution in [0.25, 0.3) is 0 Å². The molecule has 3 heteroatoms. The standard InChI is InChI=1S/C13H22N2O/c1-11(12-7-5-4-6-8-12)15-13(2,9-14)10-16-3/h4-8,11,15H,9-10,14H2,1-3H3. The molecule has 0 saturated heterocycles. The zero-order valence-electron chi connectivity index (χ0n) is 10.4. The van der Waals surface area contributed by atoms with Crippen LogP contribution < -0.4 is 11.1 Å². The summed E-state index contributed by atoms with van der Waals surface area (Å²) in [6, 6.07) is 10.6. The van der Waals surface area contributed by atoms with Gasteiger partial charge in [-0.15, -0.1) is 0 Å². The topological polar surface area (TPSA) is 47.3 Å². The normalized spacial score (nSPS) is 16.8. The van der Waals surface area contributed by atoms with Crippen LogP contribution in [-0.4, -0.2) is 25.8 Å². The second kappa shape index (κ2) is 5.99. The van der Waals surface area contributed by atoms with Crippen LogP contribution >= 0.6 is 0 Å². The summed E-state index contributed by atoms with van der Waals surface area (Å²) >= 11 is 0.